The molecular weight excluding hydrogens is 644 g/mol. The molecule has 0 heterocycles. The smallest absolute Gasteiger partial charge is 0.333 e. The minimum Gasteiger partial charge on any atom is -0.481 e. The third-order valence-electron chi connectivity index (χ3n) is 6.12. The van der Waals surface area contributed by atoms with Crippen LogP contribution in [0.2, 0.25) is 0 Å². The fourth-order valence-corrected chi connectivity index (χ4v) is 3.34. The second-order valence-corrected chi connectivity index (χ2v) is 11.2. The molecule has 0 rings (SSSR count). The van der Waals surface area contributed by atoms with Gasteiger partial charge < -0.3 is 48.5 Å². The third kappa shape index (κ3) is 18.5. The normalized spacial score (nSPS) is 12.8. The zero-order valence-corrected chi connectivity index (χ0v) is 27.3. The van der Waals surface area contributed by atoms with Gasteiger partial charge in [-0.15, -0.1) is 0 Å². The van der Waals surface area contributed by atoms with Gasteiger partial charge in [0.05, 0.1) is 49.9 Å². The molecule has 0 aliphatic heterocycles. The summed E-state index contributed by atoms with van der Waals surface area (Å²) in [6.07, 6.45) is -3.48. The van der Waals surface area contributed by atoms with Crippen molar-refractivity contribution in [2.75, 3.05) is 52.9 Å². The second kappa shape index (κ2) is 22.0. The van der Waals surface area contributed by atoms with E-state index in [2.05, 4.69) is 19.7 Å². The molecule has 48 heavy (non-hydrogen) atoms. The molecule has 2 atom stereocenters. The van der Waals surface area contributed by atoms with Crippen molar-refractivity contribution in [1.82, 2.24) is 0 Å². The highest BCUT2D eigenvalue weighted by Gasteiger charge is 2.40. The first kappa shape index (κ1) is 43.4. The van der Waals surface area contributed by atoms with Gasteiger partial charge in [0.2, 0.25) is 0 Å². The Morgan fingerprint density at radius 3 is 1.44 bits per heavy atom. The third-order valence-corrected chi connectivity index (χ3v) is 6.12. The van der Waals surface area contributed by atoms with E-state index >= 15 is 0 Å². The van der Waals surface area contributed by atoms with Crippen molar-refractivity contribution in [3.05, 3.63) is 36.5 Å². The van der Waals surface area contributed by atoms with Gasteiger partial charge >= 0.3 is 35.8 Å². The van der Waals surface area contributed by atoms with Crippen molar-refractivity contribution >= 4 is 42.3 Å². The molecule has 2 unspecified atom stereocenters. The Hall–Kier alpha value is -4.61. The van der Waals surface area contributed by atoms with E-state index in [1.807, 2.05) is 0 Å². The van der Waals surface area contributed by atoms with Crippen molar-refractivity contribution in [2.45, 2.75) is 52.7 Å². The Labute approximate surface area is 277 Å². The quantitative estimate of drug-likeness (QED) is 0.0360. The number of aliphatic hydroxyl groups is 1. The average molecular weight is 689 g/mol. The Balaban J connectivity index is 6.48. The lowest BCUT2D eigenvalue weighted by molar-refractivity contribution is -0.183. The van der Waals surface area contributed by atoms with Crippen LogP contribution in [-0.2, 0) is 66.7 Å². The van der Waals surface area contributed by atoms with Gasteiger partial charge in [0.1, 0.15) is 33.0 Å². The zero-order valence-electron chi connectivity index (χ0n) is 27.3. The molecule has 0 saturated carbocycles. The maximum atomic E-state index is 12.3. The number of carboxylic acid groups (broad SMARTS) is 2. The van der Waals surface area contributed by atoms with Crippen LogP contribution in [0.25, 0.3) is 0 Å². The second-order valence-electron chi connectivity index (χ2n) is 11.2. The average Bonchev–Trinajstić information content (AvgIpc) is 3.02. The number of carbonyl (C=O) groups excluding carboxylic acids is 5. The molecular formula is C31H44O17. The lowest BCUT2D eigenvalue weighted by Gasteiger charge is -2.36. The Bertz CT molecular complexity index is 1120. The lowest BCUT2D eigenvalue weighted by atomic mass is 9.90. The van der Waals surface area contributed by atoms with Gasteiger partial charge in [0, 0.05) is 23.1 Å². The molecule has 0 spiro atoms. The molecule has 0 aromatic rings. The fourth-order valence-electron chi connectivity index (χ4n) is 3.34. The number of carbonyl (C=O) groups is 7. The van der Waals surface area contributed by atoms with Gasteiger partial charge in [-0.25, -0.2) is 14.4 Å². The van der Waals surface area contributed by atoms with E-state index in [1.54, 1.807) is 0 Å². The van der Waals surface area contributed by atoms with Crippen molar-refractivity contribution in [3.63, 3.8) is 0 Å². The Morgan fingerprint density at radius 2 is 1.04 bits per heavy atom. The number of carboxylic acids is 2. The summed E-state index contributed by atoms with van der Waals surface area (Å²) in [5, 5.41) is 28.0. The summed E-state index contributed by atoms with van der Waals surface area (Å²) in [7, 11) is 0. The first-order valence-electron chi connectivity index (χ1n) is 14.4. The highest BCUT2D eigenvalue weighted by atomic mass is 16.6. The molecule has 0 bridgehead atoms. The van der Waals surface area contributed by atoms with Crippen LogP contribution in [0.4, 0.5) is 0 Å². The number of aliphatic carboxylic acids is 2. The molecule has 17 nitrogen and oxygen atoms in total. The number of esters is 4. The van der Waals surface area contributed by atoms with Crippen LogP contribution in [0.1, 0.15) is 46.5 Å². The van der Waals surface area contributed by atoms with Crippen molar-refractivity contribution in [3.8, 4) is 0 Å². The monoisotopic (exact) mass is 688 g/mol. The first-order valence-corrected chi connectivity index (χ1v) is 14.4. The maximum Gasteiger partial charge on any atom is 0.333 e. The van der Waals surface area contributed by atoms with Crippen LogP contribution in [0.15, 0.2) is 36.5 Å². The van der Waals surface area contributed by atoms with Gasteiger partial charge in [-0.05, 0) is 20.8 Å². The van der Waals surface area contributed by atoms with E-state index < -0.39 is 125 Å². The predicted molar refractivity (Wildman–Crippen MR) is 162 cm³/mol. The van der Waals surface area contributed by atoms with E-state index in [0.717, 1.165) is 0 Å². The van der Waals surface area contributed by atoms with Crippen LogP contribution in [-0.4, -0.2) is 117 Å². The van der Waals surface area contributed by atoms with E-state index in [4.69, 9.17) is 43.4 Å². The minimum absolute atomic E-state index is 0.0241. The summed E-state index contributed by atoms with van der Waals surface area (Å²) in [5.74, 6) is -5.92. The van der Waals surface area contributed by atoms with E-state index in [1.165, 1.54) is 20.8 Å². The topological polar surface area (TPSA) is 245 Å². The van der Waals surface area contributed by atoms with Crippen LogP contribution in [0, 0.1) is 10.8 Å². The predicted octanol–water partition coefficient (Wildman–Crippen LogP) is 1.11. The maximum absolute atomic E-state index is 12.3. The molecule has 0 amide bonds. The highest BCUT2D eigenvalue weighted by Crippen LogP contribution is 2.27. The molecule has 0 fully saturated rings. The standard InChI is InChI=1S/C31H44O17/c1-20(2)27(39)46-16-31(17-47-28(40)21(3)4,18-48-29(41)22(5)6)12-42-11-30(13-43-19-32,14-44-25(37)9-7-23(33)34)15-45-26(38)10-8-24(35)36/h19,25,37H,1,3,5,7-18H2,2,4,6H3,(H,33,34)(H,35,36). The molecule has 0 saturated heterocycles. The highest BCUT2D eigenvalue weighted by molar-refractivity contribution is 5.88. The Kier molecular flexibility index (Phi) is 19.9. The van der Waals surface area contributed by atoms with Crippen LogP contribution < -0.4 is 0 Å². The number of hydrogen-bond acceptors (Lipinski definition) is 15. The SMILES string of the molecule is C=C(C)C(=O)OCC(COCC(COC=O)(COC(=O)CCC(=O)O)COC(O)CCC(=O)O)(COC(=O)C(=C)C)COC(=O)C(=C)C. The van der Waals surface area contributed by atoms with Gasteiger partial charge in [-0.3, -0.25) is 19.2 Å². The number of ether oxygens (including phenoxy) is 7. The summed E-state index contributed by atoms with van der Waals surface area (Å²) in [6.45, 7) is 10.4. The minimum atomic E-state index is -1.62. The van der Waals surface area contributed by atoms with E-state index in [9.17, 15) is 38.7 Å². The number of aliphatic hydroxyl groups excluding tert-OH is 1. The molecule has 0 aliphatic rings. The van der Waals surface area contributed by atoms with Crippen LogP contribution >= 0.6 is 0 Å². The molecule has 3 N–H and O–H groups in total. The van der Waals surface area contributed by atoms with Gasteiger partial charge in [-0.1, -0.05) is 19.7 Å². The lowest BCUT2D eigenvalue weighted by Crippen LogP contribution is -2.47. The summed E-state index contributed by atoms with van der Waals surface area (Å²) < 4.78 is 37.4. The van der Waals surface area contributed by atoms with Crippen molar-refractivity contribution in [1.29, 1.82) is 0 Å². The van der Waals surface area contributed by atoms with Crippen molar-refractivity contribution in [2.24, 2.45) is 10.8 Å². The molecule has 0 aromatic carbocycles. The molecule has 0 aromatic heterocycles. The first-order chi connectivity index (χ1) is 22.4. The Morgan fingerprint density at radius 1 is 0.625 bits per heavy atom. The molecule has 0 radical (unpaired) electrons. The van der Waals surface area contributed by atoms with E-state index in [-0.39, 0.29) is 29.6 Å². The van der Waals surface area contributed by atoms with Gasteiger partial charge in [-0.2, -0.15) is 0 Å². The summed E-state index contributed by atoms with van der Waals surface area (Å²) in [5.41, 5.74) is -3.12. The summed E-state index contributed by atoms with van der Waals surface area (Å²) >= 11 is 0. The molecule has 0 aliphatic carbocycles. The largest absolute Gasteiger partial charge is 0.481 e. The number of rotatable bonds is 27. The van der Waals surface area contributed by atoms with Crippen LogP contribution in [0.5, 0.6) is 0 Å². The van der Waals surface area contributed by atoms with E-state index in [0.29, 0.717) is 0 Å². The summed E-state index contributed by atoms with van der Waals surface area (Å²) in [6, 6.07) is 0. The molecule has 270 valence electrons. The fraction of sp³-hybridized carbons (Fsp3) is 0.581. The van der Waals surface area contributed by atoms with Gasteiger partial charge in [0.25, 0.3) is 6.47 Å². The number of hydrogen-bond donors (Lipinski definition) is 3. The molecule has 17 heteroatoms. The van der Waals surface area contributed by atoms with Gasteiger partial charge in [0.15, 0.2) is 6.29 Å². The summed E-state index contributed by atoms with van der Waals surface area (Å²) in [4.78, 5) is 82.1. The zero-order chi connectivity index (χ0) is 36.9. The van der Waals surface area contributed by atoms with Crippen LogP contribution in [0.3, 0.4) is 0 Å². The van der Waals surface area contributed by atoms with Crippen molar-refractivity contribution < 1.29 is 82.0 Å².